The molecule has 2 rings (SSSR count). The minimum absolute atomic E-state index is 0. The van der Waals surface area contributed by atoms with Crippen molar-refractivity contribution < 1.29 is 9.47 Å². The largest absolute Gasteiger partial charge is 0.381 e. The number of ether oxygens (including phenoxy) is 2. The molecule has 1 atom stereocenters. The second-order valence-corrected chi connectivity index (χ2v) is 8.38. The van der Waals surface area contributed by atoms with Crippen LogP contribution in [0.25, 0.3) is 0 Å². The van der Waals surface area contributed by atoms with E-state index in [0.29, 0.717) is 11.2 Å². The highest BCUT2D eigenvalue weighted by molar-refractivity contribution is 14.0. The van der Waals surface area contributed by atoms with Crippen molar-refractivity contribution in [3.05, 3.63) is 30.3 Å². The smallest absolute Gasteiger partial charge is 0.191 e. The van der Waals surface area contributed by atoms with Crippen molar-refractivity contribution in [1.29, 1.82) is 0 Å². The lowest BCUT2D eigenvalue weighted by Crippen LogP contribution is -2.38. The first-order valence-electron chi connectivity index (χ1n) is 10.2. The Bertz CT molecular complexity index is 528. The average Bonchev–Trinajstić information content (AvgIpc) is 2.70. The van der Waals surface area contributed by atoms with Crippen molar-refractivity contribution in [2.24, 2.45) is 10.9 Å². The lowest BCUT2D eigenvalue weighted by atomic mass is 10.0. The molecule has 28 heavy (non-hydrogen) atoms. The Labute approximate surface area is 191 Å². The molecule has 0 saturated carbocycles. The predicted octanol–water partition coefficient (Wildman–Crippen LogP) is 4.17. The molecule has 1 unspecified atom stereocenters. The second kappa shape index (κ2) is 16.3. The first-order chi connectivity index (χ1) is 13.3. The lowest BCUT2D eigenvalue weighted by molar-refractivity contribution is 0.0203. The Morgan fingerprint density at radius 1 is 1.25 bits per heavy atom. The zero-order valence-corrected chi connectivity index (χ0v) is 20.3. The van der Waals surface area contributed by atoms with Crippen LogP contribution < -0.4 is 10.6 Å². The molecular formula is C21H36IN3O2S. The van der Waals surface area contributed by atoms with Crippen molar-refractivity contribution in [2.75, 3.05) is 46.1 Å². The van der Waals surface area contributed by atoms with Gasteiger partial charge in [0, 0.05) is 49.7 Å². The molecule has 2 N–H and O–H groups in total. The molecule has 0 aliphatic carbocycles. The van der Waals surface area contributed by atoms with Gasteiger partial charge >= 0.3 is 0 Å². The number of thioether (sulfide) groups is 1. The molecule has 1 aromatic rings. The van der Waals surface area contributed by atoms with Gasteiger partial charge in [0.1, 0.15) is 0 Å². The molecule has 160 valence electrons. The van der Waals surface area contributed by atoms with Crippen molar-refractivity contribution in [1.82, 2.24) is 10.6 Å². The number of aliphatic imine (C=N–C) groups is 1. The van der Waals surface area contributed by atoms with E-state index in [1.807, 2.05) is 17.8 Å². The highest BCUT2D eigenvalue weighted by atomic mass is 127. The highest BCUT2D eigenvalue weighted by Crippen LogP contribution is 2.22. The number of benzene rings is 1. The molecule has 5 nitrogen and oxygen atoms in total. The number of rotatable bonds is 11. The summed E-state index contributed by atoms with van der Waals surface area (Å²) in [6.07, 6.45) is 3.26. The minimum atomic E-state index is 0. The SMILES string of the molecule is CCNC(=NCC(C)Sc1ccccc1)NCCCOCC1CCOCC1.I. The van der Waals surface area contributed by atoms with Gasteiger partial charge in [-0.2, -0.15) is 0 Å². The van der Waals surface area contributed by atoms with Crippen LogP contribution in [0.1, 0.15) is 33.1 Å². The maximum atomic E-state index is 5.82. The predicted molar refractivity (Wildman–Crippen MR) is 130 cm³/mol. The average molecular weight is 522 g/mol. The summed E-state index contributed by atoms with van der Waals surface area (Å²) >= 11 is 1.86. The number of halogens is 1. The zero-order valence-electron chi connectivity index (χ0n) is 17.2. The van der Waals surface area contributed by atoms with E-state index in [-0.39, 0.29) is 24.0 Å². The van der Waals surface area contributed by atoms with Crippen molar-refractivity contribution in [2.45, 2.75) is 43.3 Å². The zero-order chi connectivity index (χ0) is 19.2. The maximum absolute atomic E-state index is 5.82. The Hall–Kier alpha value is -0.510. The molecular weight excluding hydrogens is 485 g/mol. The molecule has 1 aromatic carbocycles. The van der Waals surface area contributed by atoms with Crippen LogP contribution in [-0.4, -0.2) is 57.3 Å². The number of hydrogen-bond donors (Lipinski definition) is 2. The first-order valence-corrected chi connectivity index (χ1v) is 11.0. The van der Waals surface area contributed by atoms with Crippen LogP contribution in [0.2, 0.25) is 0 Å². The third-order valence-corrected chi connectivity index (χ3v) is 5.48. The van der Waals surface area contributed by atoms with Gasteiger partial charge in [-0.3, -0.25) is 4.99 Å². The monoisotopic (exact) mass is 521 g/mol. The minimum Gasteiger partial charge on any atom is -0.381 e. The normalized spacial score (nSPS) is 16.3. The van der Waals surface area contributed by atoms with E-state index in [9.17, 15) is 0 Å². The van der Waals surface area contributed by atoms with Crippen molar-refractivity contribution in [3.63, 3.8) is 0 Å². The summed E-state index contributed by atoms with van der Waals surface area (Å²) in [6, 6.07) is 10.5. The third-order valence-electron chi connectivity index (χ3n) is 4.38. The molecule has 1 aliphatic heterocycles. The topological polar surface area (TPSA) is 54.9 Å². The summed E-state index contributed by atoms with van der Waals surface area (Å²) in [5.41, 5.74) is 0. The number of guanidine groups is 1. The van der Waals surface area contributed by atoms with Gasteiger partial charge in [0.25, 0.3) is 0 Å². The first kappa shape index (κ1) is 25.5. The molecule has 0 amide bonds. The third kappa shape index (κ3) is 11.5. The molecule has 0 bridgehead atoms. The second-order valence-electron chi connectivity index (χ2n) is 6.87. The van der Waals surface area contributed by atoms with Gasteiger partial charge < -0.3 is 20.1 Å². The maximum Gasteiger partial charge on any atom is 0.191 e. The number of nitrogens with zero attached hydrogens (tertiary/aromatic N) is 1. The fraction of sp³-hybridized carbons (Fsp3) is 0.667. The van der Waals surface area contributed by atoms with Crippen LogP contribution in [0.15, 0.2) is 40.2 Å². The van der Waals surface area contributed by atoms with Gasteiger partial charge in [-0.25, -0.2) is 0 Å². The van der Waals surface area contributed by atoms with E-state index in [4.69, 9.17) is 14.5 Å². The van der Waals surface area contributed by atoms with E-state index in [0.717, 1.165) is 71.3 Å². The summed E-state index contributed by atoms with van der Waals surface area (Å²) < 4.78 is 11.2. The summed E-state index contributed by atoms with van der Waals surface area (Å²) in [5.74, 6) is 1.57. The van der Waals surface area contributed by atoms with Crippen LogP contribution in [0, 0.1) is 5.92 Å². The molecule has 7 heteroatoms. The van der Waals surface area contributed by atoms with Crippen LogP contribution in [0.4, 0.5) is 0 Å². The van der Waals surface area contributed by atoms with E-state index in [2.05, 4.69) is 48.7 Å². The van der Waals surface area contributed by atoms with Crippen LogP contribution >= 0.6 is 35.7 Å². The summed E-state index contributed by atoms with van der Waals surface area (Å²) in [6.45, 7) is 10.3. The lowest BCUT2D eigenvalue weighted by Gasteiger charge is -2.21. The number of nitrogens with one attached hydrogen (secondary N) is 2. The Kier molecular flexibility index (Phi) is 14.9. The van der Waals surface area contributed by atoms with E-state index in [1.54, 1.807) is 0 Å². The Balaban J connectivity index is 0.00000392. The van der Waals surface area contributed by atoms with Gasteiger partial charge in [0.05, 0.1) is 6.54 Å². The van der Waals surface area contributed by atoms with E-state index in [1.165, 1.54) is 4.90 Å². The molecule has 1 fully saturated rings. The quantitative estimate of drug-likeness (QED) is 0.151. The summed E-state index contributed by atoms with van der Waals surface area (Å²) in [4.78, 5) is 6.01. The van der Waals surface area contributed by atoms with Gasteiger partial charge in [0.2, 0.25) is 0 Å². The molecule has 0 spiro atoms. The van der Waals surface area contributed by atoms with Gasteiger partial charge in [0.15, 0.2) is 5.96 Å². The van der Waals surface area contributed by atoms with E-state index >= 15 is 0 Å². The molecule has 1 heterocycles. The fourth-order valence-electron chi connectivity index (χ4n) is 2.87. The summed E-state index contributed by atoms with van der Waals surface area (Å²) in [7, 11) is 0. The van der Waals surface area contributed by atoms with Gasteiger partial charge in [-0.05, 0) is 44.2 Å². The molecule has 1 saturated heterocycles. The Morgan fingerprint density at radius 2 is 2.00 bits per heavy atom. The standard InChI is InChI=1S/C21H35N3O2S.HI/c1-3-22-21(24-16-18(2)27-20-8-5-4-6-9-20)23-12-7-13-26-17-19-10-14-25-15-11-19;/h4-6,8-9,18-19H,3,7,10-17H2,1-2H3,(H2,22,23,24);1H. The molecule has 1 aliphatic rings. The highest BCUT2D eigenvalue weighted by Gasteiger charge is 2.13. The van der Waals surface area contributed by atoms with Gasteiger partial charge in [-0.15, -0.1) is 35.7 Å². The fourth-order valence-corrected chi connectivity index (χ4v) is 3.80. The molecule has 0 aromatic heterocycles. The summed E-state index contributed by atoms with van der Waals surface area (Å²) in [5, 5.41) is 7.16. The van der Waals surface area contributed by atoms with Crippen LogP contribution in [0.5, 0.6) is 0 Å². The Morgan fingerprint density at radius 3 is 2.71 bits per heavy atom. The van der Waals surface area contributed by atoms with Crippen LogP contribution in [-0.2, 0) is 9.47 Å². The van der Waals surface area contributed by atoms with E-state index < -0.39 is 0 Å². The van der Waals surface area contributed by atoms with Crippen molar-refractivity contribution >= 4 is 41.7 Å². The number of hydrogen-bond acceptors (Lipinski definition) is 4. The van der Waals surface area contributed by atoms with Crippen molar-refractivity contribution in [3.8, 4) is 0 Å². The molecule has 0 radical (unpaired) electrons. The van der Waals surface area contributed by atoms with Gasteiger partial charge in [-0.1, -0.05) is 25.1 Å². The van der Waals surface area contributed by atoms with Crippen LogP contribution in [0.3, 0.4) is 0 Å².